The van der Waals surface area contributed by atoms with Gasteiger partial charge in [-0.1, -0.05) is 66.2 Å². The highest BCUT2D eigenvalue weighted by Gasteiger charge is 2.21. The van der Waals surface area contributed by atoms with Crippen molar-refractivity contribution in [3.8, 4) is 5.75 Å². The number of carboxylic acids is 1. The second kappa shape index (κ2) is 11.3. The molecule has 0 aliphatic rings. The molecule has 0 saturated heterocycles. The molecule has 1 atom stereocenters. The van der Waals surface area contributed by atoms with Crippen molar-refractivity contribution in [1.29, 1.82) is 0 Å². The first-order valence-corrected chi connectivity index (χ1v) is 12.2. The van der Waals surface area contributed by atoms with Crippen molar-refractivity contribution in [2.24, 2.45) is 0 Å². The van der Waals surface area contributed by atoms with Gasteiger partial charge < -0.3 is 19.1 Å². The quantitative estimate of drug-likeness (QED) is 0.264. The predicted molar refractivity (Wildman–Crippen MR) is 145 cm³/mol. The molecule has 0 aliphatic heterocycles. The van der Waals surface area contributed by atoms with Crippen molar-refractivity contribution < 1.29 is 24.2 Å². The number of carbonyl (C=O) groups is 2. The van der Waals surface area contributed by atoms with E-state index in [0.29, 0.717) is 17.7 Å². The number of carboxylic acid groups (broad SMARTS) is 1. The number of ether oxygens (including phenoxy) is 2. The fourth-order valence-electron chi connectivity index (χ4n) is 4.27. The third kappa shape index (κ3) is 5.81. The van der Waals surface area contributed by atoms with E-state index in [-0.39, 0.29) is 12.4 Å². The highest BCUT2D eigenvalue weighted by molar-refractivity contribution is 6.17. The van der Waals surface area contributed by atoms with E-state index in [1.807, 2.05) is 86.7 Å². The van der Waals surface area contributed by atoms with Crippen LogP contribution in [0.4, 0.5) is 0 Å². The molecule has 1 aromatic heterocycles. The van der Waals surface area contributed by atoms with Gasteiger partial charge in [-0.3, -0.25) is 4.79 Å². The molecular formula is C31H31NO5. The van der Waals surface area contributed by atoms with E-state index in [2.05, 4.69) is 10.6 Å². The Morgan fingerprint density at radius 3 is 2.35 bits per heavy atom. The second-order valence-electron chi connectivity index (χ2n) is 9.08. The van der Waals surface area contributed by atoms with Crippen LogP contribution >= 0.6 is 0 Å². The van der Waals surface area contributed by atoms with Gasteiger partial charge in [0.2, 0.25) is 0 Å². The van der Waals surface area contributed by atoms with Crippen LogP contribution in [-0.4, -0.2) is 34.6 Å². The summed E-state index contributed by atoms with van der Waals surface area (Å²) in [5.41, 5.74) is 6.24. The number of fused-ring (bicyclic) bond motifs is 1. The van der Waals surface area contributed by atoms with Gasteiger partial charge in [0, 0.05) is 29.3 Å². The summed E-state index contributed by atoms with van der Waals surface area (Å²) in [6.45, 7) is 6.32. The number of carbonyl (C=O) groups excluding carboxylic acids is 1. The van der Waals surface area contributed by atoms with Crippen LogP contribution in [0.25, 0.3) is 17.0 Å². The normalized spacial score (nSPS) is 12.2. The van der Waals surface area contributed by atoms with E-state index in [4.69, 9.17) is 14.6 Å². The van der Waals surface area contributed by atoms with Crippen LogP contribution in [0.5, 0.6) is 5.75 Å². The number of aliphatic carboxylic acids is 1. The molecule has 37 heavy (non-hydrogen) atoms. The molecule has 3 aromatic carbocycles. The average molecular weight is 498 g/mol. The lowest BCUT2D eigenvalue weighted by atomic mass is 9.99. The minimum absolute atomic E-state index is 0.00502. The first-order valence-electron chi connectivity index (χ1n) is 12.2. The number of hydrogen-bond acceptors (Lipinski definition) is 4. The number of rotatable bonds is 10. The zero-order valence-corrected chi connectivity index (χ0v) is 21.5. The number of methoxy groups -OCH3 is 1. The van der Waals surface area contributed by atoms with Crippen molar-refractivity contribution in [2.45, 2.75) is 40.0 Å². The highest BCUT2D eigenvalue weighted by Crippen LogP contribution is 2.31. The van der Waals surface area contributed by atoms with E-state index in [0.717, 1.165) is 39.0 Å². The fraction of sp³-hybridized carbons (Fsp3) is 0.226. The van der Waals surface area contributed by atoms with Crippen LogP contribution in [0.15, 0.2) is 72.8 Å². The minimum atomic E-state index is -0.978. The van der Waals surface area contributed by atoms with Gasteiger partial charge in [-0.25, -0.2) is 4.79 Å². The lowest BCUT2D eigenvalue weighted by Gasteiger charge is -2.08. The molecule has 0 amide bonds. The summed E-state index contributed by atoms with van der Waals surface area (Å²) in [4.78, 5) is 24.4. The topological polar surface area (TPSA) is 77.8 Å². The van der Waals surface area contributed by atoms with Crippen molar-refractivity contribution >= 4 is 28.7 Å². The van der Waals surface area contributed by atoms with Crippen LogP contribution in [0.3, 0.4) is 0 Å². The zero-order valence-electron chi connectivity index (χ0n) is 21.5. The maximum Gasteiger partial charge on any atom is 0.332 e. The smallest absolute Gasteiger partial charge is 0.332 e. The Morgan fingerprint density at radius 2 is 1.70 bits per heavy atom. The molecule has 1 heterocycles. The number of ketones is 1. The van der Waals surface area contributed by atoms with Gasteiger partial charge in [-0.2, -0.15) is 0 Å². The monoisotopic (exact) mass is 497 g/mol. The molecule has 4 rings (SSSR count). The number of aryl methyl sites for hydroxylation is 1. The molecule has 6 heteroatoms. The summed E-state index contributed by atoms with van der Waals surface area (Å²) < 4.78 is 12.9. The molecule has 190 valence electrons. The van der Waals surface area contributed by atoms with Crippen LogP contribution in [0.2, 0.25) is 0 Å². The van der Waals surface area contributed by atoms with E-state index >= 15 is 0 Å². The lowest BCUT2D eigenvalue weighted by Crippen LogP contribution is -2.19. The maximum absolute atomic E-state index is 13.5. The third-order valence-corrected chi connectivity index (χ3v) is 6.50. The van der Waals surface area contributed by atoms with Crippen molar-refractivity contribution in [3.05, 3.63) is 106 Å². The summed E-state index contributed by atoms with van der Waals surface area (Å²) in [6.07, 6.45) is 3.24. The summed E-state index contributed by atoms with van der Waals surface area (Å²) in [5.74, 6) is -0.237. The van der Waals surface area contributed by atoms with Gasteiger partial charge in [0.25, 0.3) is 0 Å². The van der Waals surface area contributed by atoms with Crippen molar-refractivity contribution in [3.63, 3.8) is 0 Å². The Hall–Kier alpha value is -4.16. The number of allylic oxidation sites excluding steroid dienone is 1. The van der Waals surface area contributed by atoms with Crippen molar-refractivity contribution in [2.75, 3.05) is 7.11 Å². The van der Waals surface area contributed by atoms with Crippen LogP contribution < -0.4 is 4.74 Å². The van der Waals surface area contributed by atoms with Gasteiger partial charge in [-0.05, 0) is 44.0 Å². The molecule has 0 saturated carbocycles. The van der Waals surface area contributed by atoms with Gasteiger partial charge >= 0.3 is 5.97 Å². The Balaban J connectivity index is 1.58. The lowest BCUT2D eigenvalue weighted by molar-refractivity contribution is -0.149. The zero-order chi connectivity index (χ0) is 26.5. The second-order valence-corrected chi connectivity index (χ2v) is 9.08. The molecule has 0 fully saturated rings. The van der Waals surface area contributed by atoms with E-state index in [1.165, 1.54) is 6.92 Å². The Bertz CT molecular complexity index is 1450. The molecule has 4 aromatic rings. The molecule has 0 aliphatic carbocycles. The Labute approximate surface area is 216 Å². The Morgan fingerprint density at radius 1 is 1.00 bits per heavy atom. The van der Waals surface area contributed by atoms with E-state index in [1.54, 1.807) is 7.11 Å². The standard InChI is InChI=1S/C31H31NO5/c1-20-7-13-25(14-8-20)30(33)29-21(2)32(28-18-26(36-4)15-16-27(28)29)17-5-6-23-9-11-24(12-10-23)19-37-22(3)31(34)35/h5-16,18,22H,17,19H2,1-4H3,(H,34,35)/t22-/m1/s1. The largest absolute Gasteiger partial charge is 0.497 e. The number of nitrogens with zero attached hydrogens (tertiary/aromatic N) is 1. The fourth-order valence-corrected chi connectivity index (χ4v) is 4.27. The van der Waals surface area contributed by atoms with Crippen LogP contribution in [0.1, 0.15) is 45.2 Å². The summed E-state index contributed by atoms with van der Waals surface area (Å²) in [6, 6.07) is 21.3. The third-order valence-electron chi connectivity index (χ3n) is 6.50. The first kappa shape index (κ1) is 25.9. The molecule has 0 bridgehead atoms. The minimum Gasteiger partial charge on any atom is -0.497 e. The summed E-state index contributed by atoms with van der Waals surface area (Å²) >= 11 is 0. The molecule has 0 spiro atoms. The van der Waals surface area contributed by atoms with Gasteiger partial charge in [0.1, 0.15) is 5.75 Å². The van der Waals surface area contributed by atoms with Gasteiger partial charge in [-0.15, -0.1) is 0 Å². The summed E-state index contributed by atoms with van der Waals surface area (Å²) in [5, 5.41) is 9.85. The maximum atomic E-state index is 13.5. The highest BCUT2D eigenvalue weighted by atomic mass is 16.5. The molecule has 1 N–H and O–H groups in total. The molecule has 0 unspecified atom stereocenters. The molecule has 0 radical (unpaired) electrons. The number of hydrogen-bond donors (Lipinski definition) is 1. The van der Waals surface area contributed by atoms with Gasteiger partial charge in [0.05, 0.1) is 24.8 Å². The average Bonchev–Trinajstić information content (AvgIpc) is 3.18. The molecular weight excluding hydrogens is 466 g/mol. The summed E-state index contributed by atoms with van der Waals surface area (Å²) in [7, 11) is 1.64. The van der Waals surface area contributed by atoms with Crippen LogP contribution in [-0.2, 0) is 22.7 Å². The van der Waals surface area contributed by atoms with Crippen LogP contribution in [0, 0.1) is 13.8 Å². The van der Waals surface area contributed by atoms with E-state index < -0.39 is 12.1 Å². The SMILES string of the molecule is COc1ccc2c(C(=O)c3ccc(C)cc3)c(C)n(CC=Cc3ccc(CO[C@H](C)C(=O)O)cc3)c2c1. The first-order chi connectivity index (χ1) is 17.8. The predicted octanol–water partition coefficient (Wildman–Crippen LogP) is 6.20. The molecule has 6 nitrogen and oxygen atoms in total. The van der Waals surface area contributed by atoms with Gasteiger partial charge in [0.15, 0.2) is 11.9 Å². The number of aromatic nitrogens is 1. The van der Waals surface area contributed by atoms with E-state index in [9.17, 15) is 9.59 Å². The van der Waals surface area contributed by atoms with Crippen molar-refractivity contribution in [1.82, 2.24) is 4.57 Å². The Kier molecular flexibility index (Phi) is 7.89. The number of benzene rings is 3.